The van der Waals surface area contributed by atoms with E-state index in [1.807, 2.05) is 0 Å². The molecule has 1 aliphatic heterocycles. The van der Waals surface area contributed by atoms with Crippen LogP contribution in [-0.2, 0) is 6.18 Å². The number of halogens is 4. The van der Waals surface area contributed by atoms with Gasteiger partial charge >= 0.3 is 6.18 Å². The minimum Gasteiger partial charge on any atom is -0.368 e. The molecule has 1 aromatic rings. The van der Waals surface area contributed by atoms with E-state index in [1.54, 1.807) is 7.05 Å². The van der Waals surface area contributed by atoms with E-state index >= 15 is 0 Å². The number of nitrogens with zero attached hydrogens (tertiary/aromatic N) is 3. The number of guanidine groups is 1. The maximum atomic E-state index is 12.9. The minimum absolute atomic E-state index is 0. The molecule has 1 saturated heterocycles. The summed E-state index contributed by atoms with van der Waals surface area (Å²) in [6, 6.07) is 2.67. The molecule has 0 aliphatic carbocycles. The third kappa shape index (κ3) is 7.98. The van der Waals surface area contributed by atoms with Crippen LogP contribution in [-0.4, -0.2) is 61.7 Å². The number of aliphatic imine (C=N–C) groups is 1. The van der Waals surface area contributed by atoms with Crippen molar-refractivity contribution < 1.29 is 13.2 Å². The van der Waals surface area contributed by atoms with Crippen molar-refractivity contribution in [2.24, 2.45) is 4.99 Å². The maximum absolute atomic E-state index is 12.9. The van der Waals surface area contributed by atoms with Gasteiger partial charge in [0.05, 0.1) is 5.56 Å². The van der Waals surface area contributed by atoms with E-state index in [-0.39, 0.29) is 29.8 Å². The van der Waals surface area contributed by atoms with E-state index < -0.39 is 11.7 Å². The Bertz CT molecular complexity index is 603. The average Bonchev–Trinajstić information content (AvgIpc) is 2.65. The largest absolute Gasteiger partial charge is 0.419 e. The summed E-state index contributed by atoms with van der Waals surface area (Å²) in [6.07, 6.45) is 0.203. The monoisotopic (exact) mass is 514 g/mol. The van der Waals surface area contributed by atoms with Gasteiger partial charge < -0.3 is 20.9 Å². The van der Waals surface area contributed by atoms with Gasteiger partial charge in [0, 0.05) is 45.5 Å². The predicted molar refractivity (Wildman–Crippen MR) is 117 cm³/mol. The van der Waals surface area contributed by atoms with Crippen molar-refractivity contribution in [3.05, 3.63) is 23.9 Å². The third-order valence-electron chi connectivity index (χ3n) is 4.51. The highest BCUT2D eigenvalue weighted by atomic mass is 127. The molecule has 0 radical (unpaired) electrons. The summed E-state index contributed by atoms with van der Waals surface area (Å²) in [5.74, 6) is 0.515. The lowest BCUT2D eigenvalue weighted by Crippen LogP contribution is -2.49. The first-order chi connectivity index (χ1) is 12.9. The molecule has 160 valence electrons. The Labute approximate surface area is 181 Å². The van der Waals surface area contributed by atoms with Crippen molar-refractivity contribution >= 4 is 35.8 Å². The Balaban J connectivity index is 0.00000392. The van der Waals surface area contributed by atoms with E-state index in [9.17, 15) is 13.2 Å². The zero-order valence-corrected chi connectivity index (χ0v) is 18.7. The molecule has 1 aromatic heterocycles. The fraction of sp³-hybridized carbons (Fsp3) is 0.667. The van der Waals surface area contributed by atoms with Crippen molar-refractivity contribution in [1.82, 2.24) is 20.5 Å². The van der Waals surface area contributed by atoms with Crippen molar-refractivity contribution in [1.29, 1.82) is 0 Å². The van der Waals surface area contributed by atoms with Crippen molar-refractivity contribution in [2.45, 2.75) is 38.4 Å². The van der Waals surface area contributed by atoms with Gasteiger partial charge in [0.1, 0.15) is 5.82 Å². The number of pyridine rings is 1. The summed E-state index contributed by atoms with van der Waals surface area (Å²) < 4.78 is 38.8. The molecule has 10 heteroatoms. The lowest BCUT2D eigenvalue weighted by atomic mass is 10.1. The standard InChI is InChI=1S/C18H29F3N6.HI/c1-3-11-27-12-6-14(7-13-27)26-17(22-2)25-10-9-24-16-15(18(19,20)21)5-4-8-23-16;/h4-5,8,14H,3,6-7,9-13H2,1-2H3,(H,23,24)(H2,22,25,26);1H. The maximum Gasteiger partial charge on any atom is 0.419 e. The van der Waals surface area contributed by atoms with Gasteiger partial charge in [-0.15, -0.1) is 24.0 Å². The van der Waals surface area contributed by atoms with E-state index in [4.69, 9.17) is 0 Å². The third-order valence-corrected chi connectivity index (χ3v) is 4.51. The first kappa shape index (κ1) is 24.7. The van der Waals surface area contributed by atoms with E-state index in [0.29, 0.717) is 25.1 Å². The fourth-order valence-corrected chi connectivity index (χ4v) is 3.14. The predicted octanol–water partition coefficient (Wildman–Crippen LogP) is 3.17. The van der Waals surface area contributed by atoms with Crippen LogP contribution in [0.5, 0.6) is 0 Å². The quantitative estimate of drug-likeness (QED) is 0.226. The molecule has 2 rings (SSSR count). The van der Waals surface area contributed by atoms with Crippen LogP contribution >= 0.6 is 24.0 Å². The topological polar surface area (TPSA) is 64.6 Å². The molecular formula is C18H30F3IN6. The smallest absolute Gasteiger partial charge is 0.368 e. The van der Waals surface area contributed by atoms with Gasteiger partial charge in [-0.05, 0) is 37.9 Å². The molecule has 0 unspecified atom stereocenters. The molecule has 2 heterocycles. The van der Waals surface area contributed by atoms with Crippen molar-refractivity contribution in [3.63, 3.8) is 0 Å². The van der Waals surface area contributed by atoms with Gasteiger partial charge in [0.25, 0.3) is 0 Å². The highest BCUT2D eigenvalue weighted by molar-refractivity contribution is 14.0. The second-order valence-corrected chi connectivity index (χ2v) is 6.58. The van der Waals surface area contributed by atoms with Gasteiger partial charge in [-0.3, -0.25) is 4.99 Å². The van der Waals surface area contributed by atoms with Gasteiger partial charge in [-0.2, -0.15) is 13.2 Å². The number of hydrogen-bond donors (Lipinski definition) is 3. The van der Waals surface area contributed by atoms with Crippen LogP contribution in [0.4, 0.5) is 19.0 Å². The first-order valence-corrected chi connectivity index (χ1v) is 9.39. The minimum atomic E-state index is -4.42. The Morgan fingerprint density at radius 1 is 1.29 bits per heavy atom. The zero-order valence-electron chi connectivity index (χ0n) is 16.4. The highest BCUT2D eigenvalue weighted by Gasteiger charge is 2.33. The van der Waals surface area contributed by atoms with Crippen LogP contribution in [0.3, 0.4) is 0 Å². The molecular weight excluding hydrogens is 484 g/mol. The number of anilines is 1. The molecule has 0 atom stereocenters. The Hall–Kier alpha value is -1.30. The lowest BCUT2D eigenvalue weighted by Gasteiger charge is -2.32. The molecule has 6 nitrogen and oxygen atoms in total. The Morgan fingerprint density at radius 3 is 2.61 bits per heavy atom. The van der Waals surface area contributed by atoms with Gasteiger partial charge in [-0.1, -0.05) is 6.92 Å². The summed E-state index contributed by atoms with van der Waals surface area (Å²) >= 11 is 0. The van der Waals surface area contributed by atoms with Crippen molar-refractivity contribution in [3.8, 4) is 0 Å². The van der Waals surface area contributed by atoms with Gasteiger partial charge in [0.2, 0.25) is 0 Å². The normalized spacial score (nSPS) is 16.4. The van der Waals surface area contributed by atoms with Crippen LogP contribution in [0.25, 0.3) is 0 Å². The molecule has 1 fully saturated rings. The molecule has 0 saturated carbocycles. The van der Waals surface area contributed by atoms with E-state index in [2.05, 4.69) is 37.8 Å². The van der Waals surface area contributed by atoms with Crippen LogP contribution in [0.1, 0.15) is 31.7 Å². The number of nitrogens with one attached hydrogen (secondary N) is 3. The van der Waals surface area contributed by atoms with Gasteiger partial charge in [0.15, 0.2) is 5.96 Å². The number of rotatable bonds is 7. The zero-order chi connectivity index (χ0) is 19.7. The lowest BCUT2D eigenvalue weighted by molar-refractivity contribution is -0.137. The molecule has 1 aliphatic rings. The number of hydrogen-bond acceptors (Lipinski definition) is 4. The summed E-state index contributed by atoms with van der Waals surface area (Å²) in [7, 11) is 1.69. The Kier molecular flexibility index (Phi) is 10.9. The van der Waals surface area contributed by atoms with Crippen LogP contribution < -0.4 is 16.0 Å². The first-order valence-electron chi connectivity index (χ1n) is 9.39. The second-order valence-electron chi connectivity index (χ2n) is 6.58. The summed E-state index contributed by atoms with van der Waals surface area (Å²) in [5.41, 5.74) is -0.758. The number of aromatic nitrogens is 1. The molecule has 3 N–H and O–H groups in total. The van der Waals surface area contributed by atoms with E-state index in [0.717, 1.165) is 38.5 Å². The fourth-order valence-electron chi connectivity index (χ4n) is 3.14. The van der Waals surface area contributed by atoms with Crippen LogP contribution in [0, 0.1) is 0 Å². The second kappa shape index (κ2) is 12.3. The summed E-state index contributed by atoms with van der Waals surface area (Å²) in [6.45, 7) is 6.21. The summed E-state index contributed by atoms with van der Waals surface area (Å²) in [4.78, 5) is 10.4. The highest BCUT2D eigenvalue weighted by Crippen LogP contribution is 2.33. The molecule has 0 spiro atoms. The molecule has 0 bridgehead atoms. The van der Waals surface area contributed by atoms with Crippen LogP contribution in [0.15, 0.2) is 23.3 Å². The van der Waals surface area contributed by atoms with Gasteiger partial charge in [-0.25, -0.2) is 4.98 Å². The Morgan fingerprint density at radius 2 is 2.00 bits per heavy atom. The van der Waals surface area contributed by atoms with E-state index in [1.165, 1.54) is 18.7 Å². The van der Waals surface area contributed by atoms with Crippen molar-refractivity contribution in [2.75, 3.05) is 45.1 Å². The van der Waals surface area contributed by atoms with Crippen LogP contribution in [0.2, 0.25) is 0 Å². The number of likely N-dealkylation sites (tertiary alicyclic amines) is 1. The molecule has 28 heavy (non-hydrogen) atoms. The molecule has 0 aromatic carbocycles. The SMILES string of the molecule is CCCN1CCC(NC(=NC)NCCNc2ncccc2C(F)(F)F)CC1.I. The average molecular weight is 514 g/mol. The number of piperidine rings is 1. The summed E-state index contributed by atoms with van der Waals surface area (Å²) in [5, 5.41) is 9.27. The molecule has 0 amide bonds. The number of alkyl halides is 3.